The second-order valence-electron chi connectivity index (χ2n) is 5.36. The van der Waals surface area contributed by atoms with Crippen LogP contribution in [0, 0.1) is 6.92 Å². The smallest absolute Gasteiger partial charge is 0.257 e. The first-order chi connectivity index (χ1) is 10.5. The Kier molecular flexibility index (Phi) is 3.81. The minimum Gasteiger partial charge on any atom is -0.376 e. The molecule has 0 radical (unpaired) electrons. The molecule has 1 aromatic heterocycles. The Balaban J connectivity index is 1.91. The Bertz CT molecular complexity index is 839. The van der Waals surface area contributed by atoms with E-state index < -0.39 is 0 Å². The van der Waals surface area contributed by atoms with E-state index in [4.69, 9.17) is 0 Å². The summed E-state index contributed by atoms with van der Waals surface area (Å²) in [7, 11) is 4.00. The van der Waals surface area contributed by atoms with Gasteiger partial charge in [-0.25, -0.2) is 4.98 Å². The number of carbonyl (C=O) groups excluding carboxylic acids is 1. The highest BCUT2D eigenvalue weighted by atomic mass is 32.1. The highest BCUT2D eigenvalue weighted by Crippen LogP contribution is 2.33. The molecule has 0 bridgehead atoms. The summed E-state index contributed by atoms with van der Waals surface area (Å²) in [4.78, 5) is 18.9. The molecule has 0 atom stereocenters. The summed E-state index contributed by atoms with van der Waals surface area (Å²) in [6, 6.07) is 13.5. The van der Waals surface area contributed by atoms with E-state index in [1.54, 1.807) is 6.07 Å². The van der Waals surface area contributed by atoms with Gasteiger partial charge in [0.25, 0.3) is 5.91 Å². The fourth-order valence-corrected chi connectivity index (χ4v) is 3.35. The molecular formula is C17H17N3OS. The number of rotatable bonds is 3. The number of amides is 1. The molecule has 0 saturated carbocycles. The third-order valence-corrected chi connectivity index (χ3v) is 4.39. The number of hydrogen-bond acceptors (Lipinski definition) is 4. The first kappa shape index (κ1) is 14.5. The van der Waals surface area contributed by atoms with Gasteiger partial charge in [0.15, 0.2) is 5.13 Å². The fraction of sp³-hybridized carbons (Fsp3) is 0.176. The Hall–Kier alpha value is -2.40. The second-order valence-corrected chi connectivity index (χ2v) is 6.36. The number of anilines is 2. The molecule has 4 nitrogen and oxygen atoms in total. The van der Waals surface area contributed by atoms with E-state index in [-0.39, 0.29) is 5.91 Å². The minimum atomic E-state index is -0.130. The first-order valence-electron chi connectivity index (χ1n) is 6.99. The van der Waals surface area contributed by atoms with Crippen LogP contribution in [0.4, 0.5) is 10.8 Å². The minimum absolute atomic E-state index is 0.130. The zero-order valence-corrected chi connectivity index (χ0v) is 13.6. The Morgan fingerprint density at radius 2 is 1.95 bits per heavy atom. The predicted octanol–water partition coefficient (Wildman–Crippen LogP) is 3.92. The zero-order valence-electron chi connectivity index (χ0n) is 12.8. The highest BCUT2D eigenvalue weighted by Gasteiger charge is 2.12. The van der Waals surface area contributed by atoms with Crippen molar-refractivity contribution in [2.24, 2.45) is 0 Å². The van der Waals surface area contributed by atoms with Crippen LogP contribution in [-0.2, 0) is 0 Å². The van der Waals surface area contributed by atoms with E-state index in [0.717, 1.165) is 21.5 Å². The number of fused-ring (bicyclic) bond motifs is 1. The molecule has 0 aliphatic carbocycles. The molecule has 22 heavy (non-hydrogen) atoms. The standard InChI is InChI=1S/C17H17N3OS/c1-11-6-4-7-12(10-11)16(21)19-17-18-13-8-5-9-14(20(2)3)15(13)22-17/h4-10H,1-3H3,(H,18,19,21). The molecule has 2 aromatic carbocycles. The Morgan fingerprint density at radius 1 is 1.18 bits per heavy atom. The number of aryl methyl sites for hydroxylation is 1. The van der Waals surface area contributed by atoms with Gasteiger partial charge in [-0.05, 0) is 31.2 Å². The van der Waals surface area contributed by atoms with Crippen molar-refractivity contribution in [1.82, 2.24) is 4.98 Å². The van der Waals surface area contributed by atoms with Gasteiger partial charge in [0.1, 0.15) is 0 Å². The van der Waals surface area contributed by atoms with Crippen LogP contribution in [0.3, 0.4) is 0 Å². The Labute approximate surface area is 133 Å². The van der Waals surface area contributed by atoms with Crippen LogP contribution in [-0.4, -0.2) is 25.0 Å². The summed E-state index contributed by atoms with van der Waals surface area (Å²) >= 11 is 1.49. The molecule has 0 aliphatic heterocycles. The lowest BCUT2D eigenvalue weighted by molar-refractivity contribution is 0.102. The summed E-state index contributed by atoms with van der Waals surface area (Å²) in [6.07, 6.45) is 0. The lowest BCUT2D eigenvalue weighted by Gasteiger charge is -2.12. The predicted molar refractivity (Wildman–Crippen MR) is 93.1 cm³/mol. The zero-order chi connectivity index (χ0) is 15.7. The van der Waals surface area contributed by atoms with Gasteiger partial charge in [-0.1, -0.05) is 35.1 Å². The highest BCUT2D eigenvalue weighted by molar-refractivity contribution is 7.23. The van der Waals surface area contributed by atoms with Gasteiger partial charge >= 0.3 is 0 Å². The van der Waals surface area contributed by atoms with E-state index in [1.165, 1.54) is 11.3 Å². The third-order valence-electron chi connectivity index (χ3n) is 3.38. The van der Waals surface area contributed by atoms with Gasteiger partial charge in [0.05, 0.1) is 15.9 Å². The molecule has 0 fully saturated rings. The van der Waals surface area contributed by atoms with Crippen molar-refractivity contribution in [1.29, 1.82) is 0 Å². The SMILES string of the molecule is Cc1cccc(C(=O)Nc2nc3cccc(N(C)C)c3s2)c1. The van der Waals surface area contributed by atoms with Crippen molar-refractivity contribution in [2.45, 2.75) is 6.92 Å². The number of nitrogens with one attached hydrogen (secondary N) is 1. The first-order valence-corrected chi connectivity index (χ1v) is 7.81. The van der Waals surface area contributed by atoms with Gasteiger partial charge in [-0.15, -0.1) is 0 Å². The van der Waals surface area contributed by atoms with E-state index >= 15 is 0 Å². The monoisotopic (exact) mass is 311 g/mol. The molecule has 112 valence electrons. The third kappa shape index (κ3) is 2.80. The average molecular weight is 311 g/mol. The topological polar surface area (TPSA) is 45.2 Å². The normalized spacial score (nSPS) is 10.7. The van der Waals surface area contributed by atoms with E-state index in [2.05, 4.69) is 10.3 Å². The van der Waals surface area contributed by atoms with Crippen LogP contribution >= 0.6 is 11.3 Å². The molecular weight excluding hydrogens is 294 g/mol. The molecule has 5 heteroatoms. The molecule has 0 spiro atoms. The molecule has 0 aliphatic rings. The molecule has 1 amide bonds. The van der Waals surface area contributed by atoms with Crippen molar-refractivity contribution in [3.63, 3.8) is 0 Å². The maximum atomic E-state index is 12.3. The van der Waals surface area contributed by atoms with E-state index in [1.807, 2.05) is 62.3 Å². The summed E-state index contributed by atoms with van der Waals surface area (Å²) in [6.45, 7) is 1.97. The number of hydrogen-bond donors (Lipinski definition) is 1. The number of benzene rings is 2. The number of aromatic nitrogens is 1. The summed E-state index contributed by atoms with van der Waals surface area (Å²) in [5, 5.41) is 3.51. The molecule has 3 rings (SSSR count). The van der Waals surface area contributed by atoms with Crippen molar-refractivity contribution in [3.05, 3.63) is 53.6 Å². The number of carbonyl (C=O) groups is 1. The van der Waals surface area contributed by atoms with E-state index in [9.17, 15) is 4.79 Å². The number of nitrogens with zero attached hydrogens (tertiary/aromatic N) is 2. The van der Waals surface area contributed by atoms with Crippen molar-refractivity contribution in [2.75, 3.05) is 24.3 Å². The largest absolute Gasteiger partial charge is 0.376 e. The molecule has 1 heterocycles. The summed E-state index contributed by atoms with van der Waals surface area (Å²) in [5.74, 6) is -0.130. The fourth-order valence-electron chi connectivity index (χ4n) is 2.30. The van der Waals surface area contributed by atoms with Crippen molar-refractivity contribution < 1.29 is 4.79 Å². The molecule has 1 N–H and O–H groups in total. The second kappa shape index (κ2) is 5.77. The summed E-state index contributed by atoms with van der Waals surface area (Å²) < 4.78 is 1.08. The van der Waals surface area contributed by atoms with Crippen molar-refractivity contribution in [3.8, 4) is 0 Å². The van der Waals surface area contributed by atoms with Crippen LogP contribution in [0.2, 0.25) is 0 Å². The van der Waals surface area contributed by atoms with Gasteiger partial charge in [-0.3, -0.25) is 10.1 Å². The van der Waals surface area contributed by atoms with Gasteiger partial charge in [0.2, 0.25) is 0 Å². The average Bonchev–Trinajstić information content (AvgIpc) is 2.89. The van der Waals surface area contributed by atoms with Crippen molar-refractivity contribution >= 4 is 38.3 Å². The maximum Gasteiger partial charge on any atom is 0.257 e. The van der Waals surface area contributed by atoms with Crippen LogP contribution in [0.15, 0.2) is 42.5 Å². The maximum absolute atomic E-state index is 12.3. The van der Waals surface area contributed by atoms with Crippen LogP contribution in [0.5, 0.6) is 0 Å². The summed E-state index contributed by atoms with van der Waals surface area (Å²) in [5.41, 5.74) is 3.71. The molecule has 0 saturated heterocycles. The van der Waals surface area contributed by atoms with E-state index in [0.29, 0.717) is 10.7 Å². The number of thiazole rings is 1. The van der Waals surface area contributed by atoms with Gasteiger partial charge < -0.3 is 4.90 Å². The van der Waals surface area contributed by atoms with Crippen LogP contribution in [0.25, 0.3) is 10.2 Å². The van der Waals surface area contributed by atoms with Crippen LogP contribution in [0.1, 0.15) is 15.9 Å². The lowest BCUT2D eigenvalue weighted by atomic mass is 10.1. The van der Waals surface area contributed by atoms with Gasteiger partial charge in [0, 0.05) is 19.7 Å². The molecule has 0 unspecified atom stereocenters. The quantitative estimate of drug-likeness (QED) is 0.797. The van der Waals surface area contributed by atoms with Crippen LogP contribution < -0.4 is 10.2 Å². The Morgan fingerprint density at radius 3 is 2.68 bits per heavy atom. The van der Waals surface area contributed by atoms with Gasteiger partial charge in [-0.2, -0.15) is 0 Å². The lowest BCUT2D eigenvalue weighted by Crippen LogP contribution is -2.11. The molecule has 3 aromatic rings.